The Morgan fingerprint density at radius 1 is 1.18 bits per heavy atom. The predicted molar refractivity (Wildman–Crippen MR) is 82.3 cm³/mol. The van der Waals surface area contributed by atoms with E-state index in [0.717, 1.165) is 10.9 Å². The molecule has 1 aromatic carbocycles. The van der Waals surface area contributed by atoms with Crippen molar-refractivity contribution in [1.29, 1.82) is 0 Å². The molecule has 0 unspecified atom stereocenters. The van der Waals surface area contributed by atoms with Gasteiger partial charge in [0.2, 0.25) is 5.78 Å². The molecule has 0 radical (unpaired) electrons. The van der Waals surface area contributed by atoms with Gasteiger partial charge < -0.3 is 9.72 Å². The number of fused-ring (bicyclic) bond motifs is 1. The lowest BCUT2D eigenvalue weighted by molar-refractivity contribution is 0.0594. The lowest BCUT2D eigenvalue weighted by Gasteiger charge is -2.02. The van der Waals surface area contributed by atoms with Gasteiger partial charge in [-0.2, -0.15) is 0 Å². The minimum absolute atomic E-state index is 0.0937. The summed E-state index contributed by atoms with van der Waals surface area (Å²) in [5, 5.41) is 1.33. The first-order valence-corrected chi connectivity index (χ1v) is 6.84. The van der Waals surface area contributed by atoms with Gasteiger partial charge in [0.15, 0.2) is 0 Å². The van der Waals surface area contributed by atoms with Gasteiger partial charge in [0.05, 0.1) is 7.11 Å². The second-order valence-electron chi connectivity index (χ2n) is 4.62. The van der Waals surface area contributed by atoms with E-state index in [4.69, 9.17) is 11.6 Å². The summed E-state index contributed by atoms with van der Waals surface area (Å²) in [6, 6.07) is 9.88. The largest absolute Gasteiger partial charge is 0.464 e. The molecule has 3 rings (SSSR count). The minimum atomic E-state index is -0.583. The Morgan fingerprint density at radius 3 is 2.73 bits per heavy atom. The van der Waals surface area contributed by atoms with Crippen molar-refractivity contribution in [3.8, 4) is 0 Å². The van der Waals surface area contributed by atoms with Crippen LogP contribution >= 0.6 is 11.6 Å². The highest BCUT2D eigenvalue weighted by Gasteiger charge is 2.17. The molecule has 0 amide bonds. The van der Waals surface area contributed by atoms with E-state index in [1.54, 1.807) is 36.5 Å². The maximum Gasteiger partial charge on any atom is 0.356 e. The number of nitrogens with one attached hydrogen (secondary N) is 1. The molecule has 3 aromatic rings. The van der Waals surface area contributed by atoms with Gasteiger partial charge >= 0.3 is 5.97 Å². The molecular formula is C16H11ClN2O3. The number of ketones is 1. The van der Waals surface area contributed by atoms with Gasteiger partial charge in [-0.05, 0) is 24.3 Å². The zero-order chi connectivity index (χ0) is 15.7. The number of benzene rings is 1. The lowest BCUT2D eigenvalue weighted by Crippen LogP contribution is -2.09. The number of methoxy groups -OCH3 is 1. The highest BCUT2D eigenvalue weighted by Crippen LogP contribution is 2.23. The number of pyridine rings is 1. The van der Waals surface area contributed by atoms with Crippen LogP contribution < -0.4 is 0 Å². The Morgan fingerprint density at radius 2 is 1.95 bits per heavy atom. The Hall–Kier alpha value is -2.66. The number of hydrogen-bond donors (Lipinski definition) is 1. The number of hydrogen-bond acceptors (Lipinski definition) is 4. The SMILES string of the molecule is COC(=O)c1cccc(C(=O)c2c[nH]c3cc(Cl)ccc23)n1. The molecule has 6 heteroatoms. The van der Waals surface area contributed by atoms with Gasteiger partial charge in [-0.15, -0.1) is 0 Å². The van der Waals surface area contributed by atoms with E-state index >= 15 is 0 Å². The zero-order valence-corrected chi connectivity index (χ0v) is 12.3. The summed E-state index contributed by atoms with van der Waals surface area (Å²) in [6.07, 6.45) is 1.61. The third kappa shape index (κ3) is 2.46. The van der Waals surface area contributed by atoms with Gasteiger partial charge in [0, 0.05) is 27.7 Å². The third-order valence-corrected chi connectivity index (χ3v) is 3.50. The van der Waals surface area contributed by atoms with Crippen LogP contribution in [0.4, 0.5) is 0 Å². The first-order chi connectivity index (χ1) is 10.6. The number of carbonyl (C=O) groups excluding carboxylic acids is 2. The fourth-order valence-electron chi connectivity index (χ4n) is 2.20. The Kier molecular flexibility index (Phi) is 3.65. The molecule has 0 aliphatic rings. The molecule has 2 heterocycles. The van der Waals surface area contributed by atoms with E-state index in [1.807, 2.05) is 0 Å². The molecule has 0 bridgehead atoms. The Balaban J connectivity index is 2.04. The monoisotopic (exact) mass is 314 g/mol. The first kappa shape index (κ1) is 14.3. The first-order valence-electron chi connectivity index (χ1n) is 6.47. The molecule has 110 valence electrons. The number of aromatic nitrogens is 2. The van der Waals surface area contributed by atoms with Crippen molar-refractivity contribution in [1.82, 2.24) is 9.97 Å². The van der Waals surface area contributed by atoms with Gasteiger partial charge in [-0.3, -0.25) is 4.79 Å². The number of ether oxygens (including phenoxy) is 1. The highest BCUT2D eigenvalue weighted by molar-refractivity contribution is 6.31. The number of H-pyrrole nitrogens is 1. The molecule has 1 N–H and O–H groups in total. The Bertz CT molecular complexity index is 886. The Labute approximate surface area is 130 Å². The standard InChI is InChI=1S/C16H11ClN2O3/c1-22-16(21)13-4-2-3-12(19-13)15(20)11-8-18-14-7-9(17)5-6-10(11)14/h2-8,18H,1H3. The van der Waals surface area contributed by atoms with E-state index in [1.165, 1.54) is 13.2 Å². The number of halogens is 1. The molecular weight excluding hydrogens is 304 g/mol. The molecule has 0 saturated carbocycles. The van der Waals surface area contributed by atoms with Crippen molar-refractivity contribution in [3.63, 3.8) is 0 Å². The van der Waals surface area contributed by atoms with Crippen molar-refractivity contribution in [2.24, 2.45) is 0 Å². The van der Waals surface area contributed by atoms with Gasteiger partial charge in [-0.1, -0.05) is 23.7 Å². The molecule has 0 atom stereocenters. The third-order valence-electron chi connectivity index (χ3n) is 3.26. The number of esters is 1. The van der Waals surface area contributed by atoms with Crippen molar-refractivity contribution >= 4 is 34.3 Å². The maximum atomic E-state index is 12.6. The van der Waals surface area contributed by atoms with Crippen LogP contribution in [0.25, 0.3) is 10.9 Å². The van der Waals surface area contributed by atoms with E-state index in [9.17, 15) is 9.59 Å². The van der Waals surface area contributed by atoms with Crippen LogP contribution in [0.1, 0.15) is 26.5 Å². The molecule has 0 saturated heterocycles. The second-order valence-corrected chi connectivity index (χ2v) is 5.06. The molecule has 0 aliphatic heterocycles. The summed E-state index contributed by atoms with van der Waals surface area (Å²) in [5.41, 5.74) is 1.51. The minimum Gasteiger partial charge on any atom is -0.464 e. The topological polar surface area (TPSA) is 72.1 Å². The van der Waals surface area contributed by atoms with Crippen LogP contribution in [0.5, 0.6) is 0 Å². The predicted octanol–water partition coefficient (Wildman–Crippen LogP) is 3.23. The molecule has 0 spiro atoms. The van der Waals surface area contributed by atoms with E-state index in [2.05, 4.69) is 14.7 Å². The van der Waals surface area contributed by atoms with Gasteiger partial charge in [-0.25, -0.2) is 9.78 Å². The van der Waals surface area contributed by atoms with Crippen molar-refractivity contribution in [2.75, 3.05) is 7.11 Å². The van der Waals surface area contributed by atoms with E-state index < -0.39 is 5.97 Å². The summed E-state index contributed by atoms with van der Waals surface area (Å²) in [7, 11) is 1.27. The molecule has 5 nitrogen and oxygen atoms in total. The van der Waals surface area contributed by atoms with Crippen LogP contribution in [-0.4, -0.2) is 28.8 Å². The summed E-state index contributed by atoms with van der Waals surface area (Å²) < 4.78 is 4.61. The molecule has 22 heavy (non-hydrogen) atoms. The number of carbonyl (C=O) groups is 2. The van der Waals surface area contributed by atoms with E-state index in [-0.39, 0.29) is 17.2 Å². The van der Waals surface area contributed by atoms with Crippen LogP contribution in [0.15, 0.2) is 42.6 Å². The average Bonchev–Trinajstić information content (AvgIpc) is 2.96. The van der Waals surface area contributed by atoms with Crippen LogP contribution in [0.2, 0.25) is 5.02 Å². The molecule has 0 fully saturated rings. The number of nitrogens with zero attached hydrogens (tertiary/aromatic N) is 1. The summed E-state index contributed by atoms with van der Waals surface area (Å²) in [4.78, 5) is 31.2. The van der Waals surface area contributed by atoms with Gasteiger partial charge in [0.1, 0.15) is 11.4 Å². The second kappa shape index (κ2) is 5.61. The number of rotatable bonds is 3. The van der Waals surface area contributed by atoms with E-state index in [0.29, 0.717) is 10.6 Å². The lowest BCUT2D eigenvalue weighted by atomic mass is 10.1. The fraction of sp³-hybridized carbons (Fsp3) is 0.0625. The smallest absolute Gasteiger partial charge is 0.356 e. The summed E-state index contributed by atoms with van der Waals surface area (Å²) in [6.45, 7) is 0. The quantitative estimate of drug-likeness (QED) is 0.595. The normalized spacial score (nSPS) is 10.6. The van der Waals surface area contributed by atoms with Crippen molar-refractivity contribution in [2.45, 2.75) is 0 Å². The van der Waals surface area contributed by atoms with Crippen LogP contribution in [0, 0.1) is 0 Å². The zero-order valence-electron chi connectivity index (χ0n) is 11.6. The average molecular weight is 315 g/mol. The van der Waals surface area contributed by atoms with Gasteiger partial charge in [0.25, 0.3) is 0 Å². The fourth-order valence-corrected chi connectivity index (χ4v) is 2.38. The van der Waals surface area contributed by atoms with Crippen LogP contribution in [0.3, 0.4) is 0 Å². The van der Waals surface area contributed by atoms with Crippen molar-refractivity contribution in [3.05, 3.63) is 64.6 Å². The molecule has 2 aromatic heterocycles. The number of aromatic amines is 1. The summed E-state index contributed by atoms with van der Waals surface area (Å²) in [5.74, 6) is -0.861. The van der Waals surface area contributed by atoms with Crippen LogP contribution in [-0.2, 0) is 4.74 Å². The maximum absolute atomic E-state index is 12.6. The summed E-state index contributed by atoms with van der Waals surface area (Å²) >= 11 is 5.93. The highest BCUT2D eigenvalue weighted by atomic mass is 35.5. The molecule has 0 aliphatic carbocycles. The van der Waals surface area contributed by atoms with Crippen molar-refractivity contribution < 1.29 is 14.3 Å².